The van der Waals surface area contributed by atoms with Crippen LogP contribution in [-0.4, -0.2) is 34.1 Å². The predicted octanol–water partition coefficient (Wildman–Crippen LogP) is 0.409. The lowest BCUT2D eigenvalue weighted by atomic mass is 10.2. The van der Waals surface area contributed by atoms with E-state index in [-0.39, 0.29) is 4.90 Å². The van der Waals surface area contributed by atoms with Crippen molar-refractivity contribution in [3.8, 4) is 0 Å². The lowest BCUT2D eigenvalue weighted by molar-refractivity contribution is 0.364. The lowest BCUT2D eigenvalue weighted by Crippen LogP contribution is -2.36. The van der Waals surface area contributed by atoms with Crippen LogP contribution in [0.2, 0.25) is 0 Å². The lowest BCUT2D eigenvalue weighted by Gasteiger charge is -2.13. The molecule has 16 heavy (non-hydrogen) atoms. The number of fused-ring (bicyclic) bond motifs is 1. The van der Waals surface area contributed by atoms with E-state index in [0.717, 1.165) is 18.7 Å². The fourth-order valence-corrected chi connectivity index (χ4v) is 2.84. The molecular formula is C10H15N3O2S. The van der Waals surface area contributed by atoms with Crippen LogP contribution >= 0.6 is 0 Å². The van der Waals surface area contributed by atoms with E-state index < -0.39 is 10.0 Å². The average molecular weight is 241 g/mol. The number of hydrazine groups is 1. The molecule has 6 heteroatoms. The Labute approximate surface area is 95.5 Å². The highest BCUT2D eigenvalue weighted by Gasteiger charge is 2.18. The van der Waals surface area contributed by atoms with Crippen LogP contribution in [0.4, 0.5) is 5.69 Å². The maximum Gasteiger partial charge on any atom is 0.253 e. The van der Waals surface area contributed by atoms with Gasteiger partial charge < -0.3 is 5.32 Å². The molecule has 1 aliphatic rings. The Balaban J connectivity index is 2.34. The second-order valence-corrected chi connectivity index (χ2v) is 5.65. The number of rotatable bonds is 3. The Morgan fingerprint density at radius 3 is 2.81 bits per heavy atom. The summed E-state index contributed by atoms with van der Waals surface area (Å²) in [5.74, 6) is 0. The Morgan fingerprint density at radius 2 is 2.12 bits per heavy atom. The van der Waals surface area contributed by atoms with E-state index in [1.54, 1.807) is 26.2 Å². The molecule has 1 heterocycles. The van der Waals surface area contributed by atoms with Gasteiger partial charge in [0.1, 0.15) is 0 Å². The number of benzene rings is 1. The number of sulfonamides is 1. The summed E-state index contributed by atoms with van der Waals surface area (Å²) in [5.41, 5.74) is 2.09. The zero-order valence-electron chi connectivity index (χ0n) is 9.32. The summed E-state index contributed by atoms with van der Waals surface area (Å²) < 4.78 is 23.7. The number of nitrogens with one attached hydrogen (secondary N) is 2. The van der Waals surface area contributed by atoms with Gasteiger partial charge in [-0.05, 0) is 24.1 Å². The molecule has 0 amide bonds. The molecule has 1 aliphatic heterocycles. The van der Waals surface area contributed by atoms with Crippen LogP contribution < -0.4 is 10.1 Å². The van der Waals surface area contributed by atoms with E-state index in [0.29, 0.717) is 0 Å². The van der Waals surface area contributed by atoms with Crippen molar-refractivity contribution in [1.29, 1.82) is 0 Å². The fraction of sp³-hybridized carbons (Fsp3) is 0.400. The van der Waals surface area contributed by atoms with E-state index >= 15 is 0 Å². The Morgan fingerprint density at radius 1 is 1.38 bits per heavy atom. The topological polar surface area (TPSA) is 61.4 Å². The van der Waals surface area contributed by atoms with Crippen molar-refractivity contribution < 1.29 is 8.42 Å². The summed E-state index contributed by atoms with van der Waals surface area (Å²) in [6, 6.07) is 5.17. The zero-order valence-corrected chi connectivity index (χ0v) is 10.1. The normalized spacial score (nSPS) is 14.9. The standard InChI is InChI=1S/C10H15N3O2S/c1-13(2)12-16(14,15)9-4-3-8-5-6-11-10(8)7-9/h3-4,7,11-12H,5-6H2,1-2H3. The smallest absolute Gasteiger partial charge is 0.253 e. The van der Waals surface area contributed by atoms with Crippen LogP contribution in [0, 0.1) is 0 Å². The Kier molecular flexibility index (Phi) is 2.88. The van der Waals surface area contributed by atoms with Gasteiger partial charge in [0, 0.05) is 26.3 Å². The largest absolute Gasteiger partial charge is 0.384 e. The van der Waals surface area contributed by atoms with Gasteiger partial charge >= 0.3 is 0 Å². The first-order valence-electron chi connectivity index (χ1n) is 5.05. The Bertz CT molecular complexity index is 497. The summed E-state index contributed by atoms with van der Waals surface area (Å²) >= 11 is 0. The molecule has 2 rings (SSSR count). The molecule has 0 fully saturated rings. The van der Waals surface area contributed by atoms with Crippen molar-refractivity contribution >= 4 is 15.7 Å². The summed E-state index contributed by atoms with van der Waals surface area (Å²) in [7, 11) is -0.161. The molecule has 2 N–H and O–H groups in total. The first-order chi connectivity index (χ1) is 7.49. The Hall–Kier alpha value is -1.11. The third-order valence-electron chi connectivity index (χ3n) is 2.40. The minimum Gasteiger partial charge on any atom is -0.384 e. The molecule has 0 bridgehead atoms. The SMILES string of the molecule is CN(C)NS(=O)(=O)c1ccc2c(c1)NCC2. The van der Waals surface area contributed by atoms with Crippen molar-refractivity contribution in [2.75, 3.05) is 26.0 Å². The van der Waals surface area contributed by atoms with E-state index in [1.807, 2.05) is 6.07 Å². The second-order valence-electron chi connectivity index (χ2n) is 3.98. The van der Waals surface area contributed by atoms with Crippen molar-refractivity contribution in [3.05, 3.63) is 23.8 Å². The highest BCUT2D eigenvalue weighted by molar-refractivity contribution is 7.89. The van der Waals surface area contributed by atoms with E-state index in [1.165, 1.54) is 10.6 Å². The summed E-state index contributed by atoms with van der Waals surface area (Å²) in [6.45, 7) is 0.875. The maximum absolute atomic E-state index is 11.9. The molecule has 1 aromatic rings. The molecule has 5 nitrogen and oxygen atoms in total. The summed E-state index contributed by atoms with van der Waals surface area (Å²) in [6.07, 6.45) is 0.955. The first kappa shape index (κ1) is 11.4. The molecule has 0 aliphatic carbocycles. The predicted molar refractivity (Wildman–Crippen MR) is 62.6 cm³/mol. The molecule has 88 valence electrons. The van der Waals surface area contributed by atoms with Gasteiger partial charge in [-0.15, -0.1) is 4.83 Å². The van der Waals surface area contributed by atoms with Crippen molar-refractivity contribution in [2.24, 2.45) is 0 Å². The molecule has 0 saturated carbocycles. The van der Waals surface area contributed by atoms with Gasteiger partial charge in [0.2, 0.25) is 0 Å². The fourth-order valence-electron chi connectivity index (χ4n) is 1.73. The molecule has 0 saturated heterocycles. The average Bonchev–Trinajstić information content (AvgIpc) is 2.61. The van der Waals surface area contributed by atoms with Gasteiger partial charge in [-0.25, -0.2) is 13.4 Å². The quantitative estimate of drug-likeness (QED) is 0.752. The van der Waals surface area contributed by atoms with Crippen LogP contribution in [0.15, 0.2) is 23.1 Å². The van der Waals surface area contributed by atoms with Gasteiger partial charge in [-0.3, -0.25) is 0 Å². The van der Waals surface area contributed by atoms with Crippen molar-refractivity contribution in [2.45, 2.75) is 11.3 Å². The van der Waals surface area contributed by atoms with E-state index in [9.17, 15) is 8.42 Å². The highest BCUT2D eigenvalue weighted by atomic mass is 32.2. The van der Waals surface area contributed by atoms with Gasteiger partial charge in [0.25, 0.3) is 10.0 Å². The number of anilines is 1. The third-order valence-corrected chi connectivity index (χ3v) is 3.88. The van der Waals surface area contributed by atoms with Gasteiger partial charge in [0.05, 0.1) is 4.90 Å². The first-order valence-corrected chi connectivity index (χ1v) is 6.54. The zero-order chi connectivity index (χ0) is 11.8. The minimum absolute atomic E-state index is 0.286. The number of nitrogens with zero attached hydrogens (tertiary/aromatic N) is 1. The van der Waals surface area contributed by atoms with Crippen LogP contribution in [-0.2, 0) is 16.4 Å². The maximum atomic E-state index is 11.9. The molecule has 0 radical (unpaired) electrons. The number of hydrogen-bond acceptors (Lipinski definition) is 4. The van der Waals surface area contributed by atoms with Gasteiger partial charge in [-0.1, -0.05) is 6.07 Å². The third kappa shape index (κ3) is 2.18. The molecule has 1 aromatic carbocycles. The molecular weight excluding hydrogens is 226 g/mol. The van der Waals surface area contributed by atoms with Crippen molar-refractivity contribution in [3.63, 3.8) is 0 Å². The second kappa shape index (κ2) is 4.04. The minimum atomic E-state index is -3.45. The monoisotopic (exact) mass is 241 g/mol. The van der Waals surface area contributed by atoms with Gasteiger partial charge in [0.15, 0.2) is 0 Å². The van der Waals surface area contributed by atoms with E-state index in [2.05, 4.69) is 10.1 Å². The molecule has 0 spiro atoms. The molecule has 0 aromatic heterocycles. The van der Waals surface area contributed by atoms with Crippen LogP contribution in [0.3, 0.4) is 0 Å². The van der Waals surface area contributed by atoms with Crippen molar-refractivity contribution in [1.82, 2.24) is 9.84 Å². The number of hydrogen-bond donors (Lipinski definition) is 2. The van der Waals surface area contributed by atoms with Crippen LogP contribution in [0.5, 0.6) is 0 Å². The van der Waals surface area contributed by atoms with E-state index in [4.69, 9.17) is 0 Å². The summed E-state index contributed by atoms with van der Waals surface area (Å²) in [4.78, 5) is 2.69. The molecule has 0 atom stereocenters. The van der Waals surface area contributed by atoms with Crippen LogP contribution in [0.25, 0.3) is 0 Å². The molecule has 0 unspecified atom stereocenters. The van der Waals surface area contributed by atoms with Crippen LogP contribution in [0.1, 0.15) is 5.56 Å². The highest BCUT2D eigenvalue weighted by Crippen LogP contribution is 2.25. The van der Waals surface area contributed by atoms with Gasteiger partial charge in [-0.2, -0.15) is 0 Å². The summed E-state index contributed by atoms with van der Waals surface area (Å²) in [5, 5.41) is 4.57.